The molecule has 1 heterocycles. The van der Waals surface area contributed by atoms with Crippen molar-refractivity contribution in [3.05, 3.63) is 70.7 Å². The van der Waals surface area contributed by atoms with Crippen LogP contribution in [0.5, 0.6) is 0 Å². The Morgan fingerprint density at radius 1 is 1.05 bits per heavy atom. The average Bonchev–Trinajstić information content (AvgIpc) is 2.90. The van der Waals surface area contributed by atoms with Gasteiger partial charge >= 0.3 is 0 Å². The van der Waals surface area contributed by atoms with E-state index in [1.54, 1.807) is 6.07 Å². The van der Waals surface area contributed by atoms with Gasteiger partial charge in [-0.15, -0.1) is 0 Å². The Balaban J connectivity index is 2.10. The van der Waals surface area contributed by atoms with Crippen molar-refractivity contribution in [2.45, 2.75) is 13.0 Å². The summed E-state index contributed by atoms with van der Waals surface area (Å²) in [7, 11) is 0. The third-order valence-electron chi connectivity index (χ3n) is 3.47. The third-order valence-corrected chi connectivity index (χ3v) is 3.47. The molecular weight excluding hydrogens is 279 g/mol. The summed E-state index contributed by atoms with van der Waals surface area (Å²) in [5.41, 5.74) is 7.34. The number of nitrogens with two attached hydrogens (primary N) is 1. The van der Waals surface area contributed by atoms with Crippen LogP contribution < -0.4 is 5.73 Å². The van der Waals surface area contributed by atoms with Crippen molar-refractivity contribution in [1.29, 1.82) is 0 Å². The van der Waals surface area contributed by atoms with E-state index in [1.165, 1.54) is 0 Å². The molecule has 1 atom stereocenters. The summed E-state index contributed by atoms with van der Waals surface area (Å²) in [4.78, 5) is 0. The highest BCUT2D eigenvalue weighted by atomic mass is 19.2. The molecule has 2 N–H and O–H groups in total. The first kappa shape index (κ1) is 13.7. The molecular formula is C16H12F3NO. The molecule has 0 aliphatic rings. The molecule has 21 heavy (non-hydrogen) atoms. The van der Waals surface area contributed by atoms with Crippen LogP contribution in [0, 0.1) is 24.4 Å². The first-order chi connectivity index (χ1) is 9.99. The SMILES string of the molecule is Cc1cccc2cc(C(N)c3ccc(F)c(F)c3F)oc12. The minimum atomic E-state index is -1.53. The average molecular weight is 291 g/mol. The molecule has 3 rings (SSSR count). The molecule has 5 heteroatoms. The van der Waals surface area contributed by atoms with Gasteiger partial charge < -0.3 is 10.2 Å². The minimum absolute atomic E-state index is 0.148. The van der Waals surface area contributed by atoms with E-state index in [1.807, 2.05) is 25.1 Å². The third kappa shape index (κ3) is 2.19. The fourth-order valence-corrected chi connectivity index (χ4v) is 2.32. The summed E-state index contributed by atoms with van der Waals surface area (Å²) < 4.78 is 45.7. The van der Waals surface area contributed by atoms with Gasteiger partial charge in [0, 0.05) is 10.9 Å². The molecule has 1 aromatic heterocycles. The molecule has 0 radical (unpaired) electrons. The first-order valence-electron chi connectivity index (χ1n) is 6.37. The van der Waals surface area contributed by atoms with E-state index in [0.717, 1.165) is 23.1 Å². The van der Waals surface area contributed by atoms with Gasteiger partial charge in [-0.3, -0.25) is 0 Å². The predicted octanol–water partition coefficient (Wildman–Crippen LogP) is 4.21. The van der Waals surface area contributed by atoms with Gasteiger partial charge in [0.25, 0.3) is 0 Å². The number of fused-ring (bicyclic) bond motifs is 1. The van der Waals surface area contributed by atoms with Crippen molar-refractivity contribution in [2.75, 3.05) is 0 Å². The van der Waals surface area contributed by atoms with Crippen LogP contribution >= 0.6 is 0 Å². The molecule has 108 valence electrons. The molecule has 0 amide bonds. The van der Waals surface area contributed by atoms with Crippen LogP contribution in [0.4, 0.5) is 13.2 Å². The number of hydrogen-bond acceptors (Lipinski definition) is 2. The normalized spacial score (nSPS) is 12.8. The summed E-state index contributed by atoms with van der Waals surface area (Å²) in [5, 5.41) is 0.823. The van der Waals surface area contributed by atoms with Crippen molar-refractivity contribution >= 4 is 11.0 Å². The molecule has 2 nitrogen and oxygen atoms in total. The van der Waals surface area contributed by atoms with Gasteiger partial charge in [0.2, 0.25) is 0 Å². The molecule has 0 bridgehead atoms. The molecule has 2 aromatic carbocycles. The number of rotatable bonds is 2. The molecule has 0 aliphatic heterocycles. The monoisotopic (exact) mass is 291 g/mol. The van der Waals surface area contributed by atoms with Crippen LogP contribution in [0.15, 0.2) is 40.8 Å². The predicted molar refractivity (Wildman–Crippen MR) is 73.3 cm³/mol. The maximum absolute atomic E-state index is 13.8. The van der Waals surface area contributed by atoms with Crippen LogP contribution in [-0.4, -0.2) is 0 Å². The Bertz CT molecular complexity index is 826. The number of hydrogen-bond donors (Lipinski definition) is 1. The maximum atomic E-state index is 13.8. The highest BCUT2D eigenvalue weighted by Gasteiger charge is 2.22. The Hall–Kier alpha value is -2.27. The number of aryl methyl sites for hydroxylation is 1. The lowest BCUT2D eigenvalue weighted by Crippen LogP contribution is -2.14. The van der Waals surface area contributed by atoms with E-state index in [2.05, 4.69) is 0 Å². The summed E-state index contributed by atoms with van der Waals surface area (Å²) >= 11 is 0. The number of benzene rings is 2. The van der Waals surface area contributed by atoms with Gasteiger partial charge in [0.15, 0.2) is 17.5 Å². The highest BCUT2D eigenvalue weighted by Crippen LogP contribution is 2.30. The smallest absolute Gasteiger partial charge is 0.194 e. The second-order valence-corrected chi connectivity index (χ2v) is 4.88. The van der Waals surface area contributed by atoms with Crippen LogP contribution in [0.2, 0.25) is 0 Å². The standard InChI is InChI=1S/C16H12F3NO/c1-8-3-2-4-9-7-12(21-16(8)9)15(20)10-5-6-11(17)14(19)13(10)18/h2-7,15H,20H2,1H3. The van der Waals surface area contributed by atoms with Gasteiger partial charge in [0.1, 0.15) is 11.3 Å². The Morgan fingerprint density at radius 3 is 2.52 bits per heavy atom. The number of para-hydroxylation sites is 1. The zero-order valence-corrected chi connectivity index (χ0v) is 11.2. The lowest BCUT2D eigenvalue weighted by atomic mass is 10.0. The molecule has 0 fully saturated rings. The molecule has 0 saturated carbocycles. The largest absolute Gasteiger partial charge is 0.459 e. The summed E-state index contributed by atoms with van der Waals surface area (Å²) in [6.45, 7) is 1.87. The lowest BCUT2D eigenvalue weighted by molar-refractivity contribution is 0.432. The second-order valence-electron chi connectivity index (χ2n) is 4.88. The van der Waals surface area contributed by atoms with Gasteiger partial charge in [-0.1, -0.05) is 24.3 Å². The Labute approximate surface area is 119 Å². The van der Waals surface area contributed by atoms with Crippen LogP contribution in [0.3, 0.4) is 0 Å². The molecule has 0 aliphatic carbocycles. The number of halogens is 3. The molecule has 0 saturated heterocycles. The number of furan rings is 1. The Morgan fingerprint density at radius 2 is 1.81 bits per heavy atom. The molecule has 1 unspecified atom stereocenters. The van der Waals surface area contributed by atoms with Crippen molar-refractivity contribution in [3.8, 4) is 0 Å². The van der Waals surface area contributed by atoms with E-state index in [-0.39, 0.29) is 5.56 Å². The van der Waals surface area contributed by atoms with Gasteiger partial charge in [-0.25, -0.2) is 13.2 Å². The Kier molecular flexibility index (Phi) is 3.22. The lowest BCUT2D eigenvalue weighted by Gasteiger charge is -2.10. The molecule has 3 aromatic rings. The van der Waals surface area contributed by atoms with Crippen molar-refractivity contribution < 1.29 is 17.6 Å². The summed E-state index contributed by atoms with van der Waals surface area (Å²) in [6.07, 6.45) is 0. The zero-order valence-electron chi connectivity index (χ0n) is 11.2. The second kappa shape index (κ2) is 4.93. The zero-order chi connectivity index (χ0) is 15.1. The van der Waals surface area contributed by atoms with Crippen LogP contribution in [0.25, 0.3) is 11.0 Å². The van der Waals surface area contributed by atoms with Crippen molar-refractivity contribution in [3.63, 3.8) is 0 Å². The molecule has 0 spiro atoms. The van der Waals surface area contributed by atoms with Crippen molar-refractivity contribution in [1.82, 2.24) is 0 Å². The van der Waals surface area contributed by atoms with Crippen molar-refractivity contribution in [2.24, 2.45) is 5.73 Å². The summed E-state index contributed by atoms with van der Waals surface area (Å²) in [5.74, 6) is -3.77. The van der Waals surface area contributed by atoms with Crippen LogP contribution in [0.1, 0.15) is 22.9 Å². The first-order valence-corrected chi connectivity index (χ1v) is 6.37. The highest BCUT2D eigenvalue weighted by molar-refractivity contribution is 5.81. The van der Waals surface area contributed by atoms with Gasteiger partial charge in [-0.05, 0) is 24.6 Å². The summed E-state index contributed by atoms with van der Waals surface area (Å²) in [6, 6.07) is 8.21. The van der Waals surface area contributed by atoms with Crippen LogP contribution in [-0.2, 0) is 0 Å². The van der Waals surface area contributed by atoms with E-state index in [4.69, 9.17) is 10.2 Å². The van der Waals surface area contributed by atoms with Gasteiger partial charge in [0.05, 0.1) is 6.04 Å². The topological polar surface area (TPSA) is 39.2 Å². The van der Waals surface area contributed by atoms with E-state index in [0.29, 0.717) is 11.3 Å². The van der Waals surface area contributed by atoms with E-state index in [9.17, 15) is 13.2 Å². The minimum Gasteiger partial charge on any atom is -0.459 e. The fraction of sp³-hybridized carbons (Fsp3) is 0.125. The van der Waals surface area contributed by atoms with E-state index >= 15 is 0 Å². The quantitative estimate of drug-likeness (QED) is 0.718. The van der Waals surface area contributed by atoms with Gasteiger partial charge in [-0.2, -0.15) is 0 Å². The fourth-order valence-electron chi connectivity index (χ4n) is 2.32. The maximum Gasteiger partial charge on any atom is 0.194 e. The van der Waals surface area contributed by atoms with E-state index < -0.39 is 23.5 Å².